The van der Waals surface area contributed by atoms with Gasteiger partial charge in [0.05, 0.1) is 0 Å². The van der Waals surface area contributed by atoms with Crippen LogP contribution >= 0.6 is 24.0 Å². The lowest BCUT2D eigenvalue weighted by Gasteiger charge is -2.26. The van der Waals surface area contributed by atoms with Crippen LogP contribution in [-0.4, -0.2) is 38.5 Å². The lowest BCUT2D eigenvalue weighted by molar-refractivity contribution is -0.121. The molecule has 1 amide bonds. The molecule has 0 bridgehead atoms. The number of carbonyl (C=O) groups is 1. The van der Waals surface area contributed by atoms with E-state index >= 15 is 0 Å². The van der Waals surface area contributed by atoms with Crippen molar-refractivity contribution in [2.75, 3.05) is 26.7 Å². The first-order chi connectivity index (χ1) is 12.5. The first-order valence-corrected chi connectivity index (χ1v) is 9.78. The molecule has 3 N–H and O–H groups in total. The normalized spacial score (nSPS) is 15.1. The van der Waals surface area contributed by atoms with Crippen LogP contribution in [0.5, 0.6) is 0 Å². The molecule has 0 aromatic heterocycles. The van der Waals surface area contributed by atoms with E-state index in [1.807, 2.05) is 6.07 Å². The summed E-state index contributed by atoms with van der Waals surface area (Å²) in [5, 5.41) is 9.65. The Morgan fingerprint density at radius 3 is 2.33 bits per heavy atom. The van der Waals surface area contributed by atoms with Crippen molar-refractivity contribution in [3.63, 3.8) is 0 Å². The van der Waals surface area contributed by atoms with Crippen LogP contribution in [0.3, 0.4) is 0 Å². The van der Waals surface area contributed by atoms with Crippen molar-refractivity contribution in [2.24, 2.45) is 10.9 Å². The fraction of sp³-hybridized carbons (Fsp3) is 0.619. The van der Waals surface area contributed by atoms with Crippen LogP contribution in [0.2, 0.25) is 0 Å². The smallest absolute Gasteiger partial charge is 0.220 e. The Hall–Kier alpha value is -1.31. The second-order valence-corrected chi connectivity index (χ2v) is 7.81. The predicted octanol–water partition coefficient (Wildman–Crippen LogP) is 3.44. The van der Waals surface area contributed by atoms with E-state index in [0.29, 0.717) is 25.4 Å². The highest BCUT2D eigenvalue weighted by molar-refractivity contribution is 14.0. The van der Waals surface area contributed by atoms with Gasteiger partial charge in [-0.2, -0.15) is 0 Å². The minimum Gasteiger partial charge on any atom is -0.356 e. The molecule has 152 valence electrons. The van der Waals surface area contributed by atoms with E-state index in [9.17, 15) is 4.79 Å². The number of carbonyl (C=O) groups excluding carboxylic acids is 1. The number of hydrogen-bond acceptors (Lipinski definition) is 2. The Kier molecular flexibility index (Phi) is 10.7. The molecule has 0 spiro atoms. The van der Waals surface area contributed by atoms with E-state index in [-0.39, 0.29) is 35.3 Å². The predicted molar refractivity (Wildman–Crippen MR) is 124 cm³/mol. The quantitative estimate of drug-likeness (QED) is 0.228. The fourth-order valence-corrected chi connectivity index (χ4v) is 3.45. The second-order valence-electron chi connectivity index (χ2n) is 7.81. The van der Waals surface area contributed by atoms with E-state index in [0.717, 1.165) is 12.5 Å². The molecule has 1 aliphatic rings. The topological polar surface area (TPSA) is 65.5 Å². The van der Waals surface area contributed by atoms with Gasteiger partial charge in [0.2, 0.25) is 5.91 Å². The average Bonchev–Trinajstić information content (AvgIpc) is 3.14. The molecule has 1 saturated carbocycles. The van der Waals surface area contributed by atoms with Crippen molar-refractivity contribution in [1.29, 1.82) is 0 Å². The molecule has 0 atom stereocenters. The van der Waals surface area contributed by atoms with Gasteiger partial charge in [0, 0.05) is 38.5 Å². The number of nitrogens with zero attached hydrogens (tertiary/aromatic N) is 1. The van der Waals surface area contributed by atoms with Crippen LogP contribution in [0.4, 0.5) is 0 Å². The average molecular weight is 486 g/mol. The molecule has 27 heavy (non-hydrogen) atoms. The number of aliphatic imine (C=N–C) groups is 1. The Morgan fingerprint density at radius 2 is 1.70 bits per heavy atom. The Bertz CT molecular complexity index is 583. The van der Waals surface area contributed by atoms with Crippen molar-refractivity contribution in [1.82, 2.24) is 16.0 Å². The zero-order valence-corrected chi connectivity index (χ0v) is 19.2. The van der Waals surface area contributed by atoms with Crippen molar-refractivity contribution < 1.29 is 4.79 Å². The molecule has 0 aliphatic heterocycles. The molecule has 2 rings (SSSR count). The van der Waals surface area contributed by atoms with Gasteiger partial charge in [0.1, 0.15) is 0 Å². The van der Waals surface area contributed by atoms with Crippen molar-refractivity contribution in [2.45, 2.75) is 51.4 Å². The van der Waals surface area contributed by atoms with E-state index in [2.05, 4.69) is 59.1 Å². The van der Waals surface area contributed by atoms with Crippen LogP contribution in [0.25, 0.3) is 0 Å². The van der Waals surface area contributed by atoms with Crippen LogP contribution in [-0.2, 0) is 10.2 Å². The first kappa shape index (κ1) is 23.7. The third kappa shape index (κ3) is 8.49. The zero-order chi connectivity index (χ0) is 18.8. The SMILES string of the molecule is CN=C(NCCNC(=O)CC1CCCC1)NCC(C)(C)c1ccccc1.I. The summed E-state index contributed by atoms with van der Waals surface area (Å²) in [5.41, 5.74) is 1.30. The molecule has 5 nitrogen and oxygen atoms in total. The number of nitrogens with one attached hydrogen (secondary N) is 3. The van der Waals surface area contributed by atoms with Gasteiger partial charge in [-0.15, -0.1) is 24.0 Å². The largest absolute Gasteiger partial charge is 0.356 e. The summed E-state index contributed by atoms with van der Waals surface area (Å²) in [4.78, 5) is 16.2. The van der Waals surface area contributed by atoms with E-state index < -0.39 is 0 Å². The highest BCUT2D eigenvalue weighted by Gasteiger charge is 2.20. The maximum atomic E-state index is 11.9. The molecule has 6 heteroatoms. The van der Waals surface area contributed by atoms with Gasteiger partial charge >= 0.3 is 0 Å². The molecular weight excluding hydrogens is 451 g/mol. The van der Waals surface area contributed by atoms with Gasteiger partial charge < -0.3 is 16.0 Å². The zero-order valence-electron chi connectivity index (χ0n) is 16.9. The molecule has 1 aromatic rings. The summed E-state index contributed by atoms with van der Waals surface area (Å²) >= 11 is 0. The number of guanidine groups is 1. The first-order valence-electron chi connectivity index (χ1n) is 9.78. The second kappa shape index (κ2) is 12.2. The third-order valence-corrected chi connectivity index (χ3v) is 5.17. The number of amides is 1. The van der Waals surface area contributed by atoms with Gasteiger partial charge in [-0.1, -0.05) is 57.0 Å². The maximum absolute atomic E-state index is 11.9. The van der Waals surface area contributed by atoms with Gasteiger partial charge in [-0.3, -0.25) is 9.79 Å². The molecule has 0 radical (unpaired) electrons. The lowest BCUT2D eigenvalue weighted by Crippen LogP contribution is -2.45. The highest BCUT2D eigenvalue weighted by atomic mass is 127. The molecule has 0 saturated heterocycles. The summed E-state index contributed by atoms with van der Waals surface area (Å²) in [6.07, 6.45) is 5.65. The summed E-state index contributed by atoms with van der Waals surface area (Å²) in [7, 11) is 1.77. The molecular formula is C21H35IN4O. The van der Waals surface area contributed by atoms with Gasteiger partial charge in [0.15, 0.2) is 5.96 Å². The Labute approximate surface area is 181 Å². The molecule has 0 heterocycles. The number of halogens is 1. The van der Waals surface area contributed by atoms with E-state index in [1.54, 1.807) is 7.05 Å². The van der Waals surface area contributed by atoms with Gasteiger partial charge in [0.25, 0.3) is 0 Å². The van der Waals surface area contributed by atoms with Crippen LogP contribution in [0, 0.1) is 5.92 Å². The van der Waals surface area contributed by atoms with Crippen molar-refractivity contribution in [3.05, 3.63) is 35.9 Å². The summed E-state index contributed by atoms with van der Waals surface area (Å²) in [6, 6.07) is 10.5. The summed E-state index contributed by atoms with van der Waals surface area (Å²) < 4.78 is 0. The van der Waals surface area contributed by atoms with Crippen LogP contribution < -0.4 is 16.0 Å². The lowest BCUT2D eigenvalue weighted by atomic mass is 9.85. The Balaban J connectivity index is 0.00000364. The minimum absolute atomic E-state index is 0. The summed E-state index contributed by atoms with van der Waals surface area (Å²) in [6.45, 7) is 6.50. The van der Waals surface area contributed by atoms with E-state index in [1.165, 1.54) is 31.2 Å². The van der Waals surface area contributed by atoms with Crippen molar-refractivity contribution in [3.8, 4) is 0 Å². The molecule has 1 fully saturated rings. The maximum Gasteiger partial charge on any atom is 0.220 e. The third-order valence-electron chi connectivity index (χ3n) is 5.17. The highest BCUT2D eigenvalue weighted by Crippen LogP contribution is 2.27. The molecule has 0 unspecified atom stereocenters. The molecule has 1 aromatic carbocycles. The molecule has 1 aliphatic carbocycles. The number of hydrogen-bond donors (Lipinski definition) is 3. The fourth-order valence-electron chi connectivity index (χ4n) is 3.45. The minimum atomic E-state index is 0. The van der Waals surface area contributed by atoms with Crippen LogP contribution in [0.1, 0.15) is 51.5 Å². The van der Waals surface area contributed by atoms with E-state index in [4.69, 9.17) is 0 Å². The van der Waals surface area contributed by atoms with Gasteiger partial charge in [-0.05, 0) is 24.3 Å². The van der Waals surface area contributed by atoms with Gasteiger partial charge in [-0.25, -0.2) is 0 Å². The standard InChI is InChI=1S/C21H34N4O.HI/c1-21(2,18-11-5-4-6-12-18)16-25-20(22-3)24-14-13-23-19(26)15-17-9-7-8-10-17;/h4-6,11-12,17H,7-10,13-16H2,1-3H3,(H,23,26)(H2,22,24,25);1H. The number of benzene rings is 1. The monoisotopic (exact) mass is 486 g/mol. The van der Waals surface area contributed by atoms with Crippen LogP contribution in [0.15, 0.2) is 35.3 Å². The number of rotatable bonds is 8. The summed E-state index contributed by atoms with van der Waals surface area (Å²) in [5.74, 6) is 1.53. The Morgan fingerprint density at radius 1 is 1.07 bits per heavy atom. The van der Waals surface area contributed by atoms with Crippen molar-refractivity contribution >= 4 is 35.8 Å².